The molecule has 2 N–H and O–H groups in total. The Morgan fingerprint density at radius 1 is 1.53 bits per heavy atom. The molecule has 5 nitrogen and oxygen atoms in total. The first-order valence-corrected chi connectivity index (χ1v) is 4.91. The van der Waals surface area contributed by atoms with E-state index in [2.05, 4.69) is 24.1 Å². The molecule has 0 saturated heterocycles. The van der Waals surface area contributed by atoms with Gasteiger partial charge in [-0.2, -0.15) is 5.10 Å². The molecule has 0 atom stereocenters. The molecule has 0 unspecified atom stereocenters. The first-order valence-electron chi connectivity index (χ1n) is 4.91. The third-order valence-corrected chi connectivity index (χ3v) is 2.02. The van der Waals surface area contributed by atoms with Gasteiger partial charge in [0, 0.05) is 12.7 Å². The summed E-state index contributed by atoms with van der Waals surface area (Å²) < 4.78 is 6.89. The van der Waals surface area contributed by atoms with Crippen molar-refractivity contribution >= 4 is 5.69 Å². The highest BCUT2D eigenvalue weighted by Crippen LogP contribution is 2.23. The zero-order valence-electron chi connectivity index (χ0n) is 8.84. The predicted octanol–water partition coefficient (Wildman–Crippen LogP) is 1.78. The normalized spacial score (nSPS) is 11.1. The Hall–Kier alpha value is -1.78. The van der Waals surface area contributed by atoms with Crippen LogP contribution in [0.3, 0.4) is 0 Å². The fourth-order valence-corrected chi connectivity index (χ4v) is 1.40. The highest BCUT2D eigenvalue weighted by molar-refractivity contribution is 5.66. The molecule has 0 aliphatic rings. The van der Waals surface area contributed by atoms with Gasteiger partial charge in [0.25, 0.3) is 0 Å². The lowest BCUT2D eigenvalue weighted by molar-refractivity contribution is 0.429. The maximum absolute atomic E-state index is 5.68. The van der Waals surface area contributed by atoms with Gasteiger partial charge in [-0.25, -0.2) is 0 Å². The van der Waals surface area contributed by atoms with Crippen molar-refractivity contribution in [3.63, 3.8) is 0 Å². The molecule has 80 valence electrons. The summed E-state index contributed by atoms with van der Waals surface area (Å²) in [6.45, 7) is 5.17. The second-order valence-electron chi connectivity index (χ2n) is 3.93. The van der Waals surface area contributed by atoms with E-state index in [4.69, 9.17) is 10.3 Å². The first-order chi connectivity index (χ1) is 7.16. The Kier molecular flexibility index (Phi) is 2.45. The molecule has 0 radical (unpaired) electrons. The maximum atomic E-state index is 5.68. The summed E-state index contributed by atoms with van der Waals surface area (Å²) in [5.41, 5.74) is 6.92. The maximum Gasteiger partial charge on any atom is 0.209 e. The molecule has 0 bridgehead atoms. The van der Waals surface area contributed by atoms with Gasteiger partial charge < -0.3 is 10.3 Å². The lowest BCUT2D eigenvalue weighted by Crippen LogP contribution is -2.04. The van der Waals surface area contributed by atoms with Gasteiger partial charge >= 0.3 is 0 Å². The van der Waals surface area contributed by atoms with Crippen LogP contribution < -0.4 is 5.73 Å². The molecule has 0 saturated carbocycles. The Morgan fingerprint density at radius 2 is 2.33 bits per heavy atom. The SMILES string of the molecule is CC(C)Cn1ccc(-c2oncc2N)n1. The van der Waals surface area contributed by atoms with Crippen molar-refractivity contribution in [3.8, 4) is 11.5 Å². The molecule has 15 heavy (non-hydrogen) atoms. The van der Waals surface area contributed by atoms with Gasteiger partial charge in [0.1, 0.15) is 11.4 Å². The number of hydrogen-bond acceptors (Lipinski definition) is 4. The summed E-state index contributed by atoms with van der Waals surface area (Å²) in [6, 6.07) is 1.87. The molecule has 0 fully saturated rings. The number of nitrogen functional groups attached to an aromatic ring is 1. The summed E-state index contributed by atoms with van der Waals surface area (Å²) in [5.74, 6) is 1.10. The van der Waals surface area contributed by atoms with E-state index in [-0.39, 0.29) is 0 Å². The van der Waals surface area contributed by atoms with E-state index in [0.29, 0.717) is 17.4 Å². The molecule has 5 heteroatoms. The van der Waals surface area contributed by atoms with Crippen LogP contribution in [0.15, 0.2) is 23.0 Å². The van der Waals surface area contributed by atoms with Crippen molar-refractivity contribution in [1.29, 1.82) is 0 Å². The molecule has 2 heterocycles. The number of nitrogens with two attached hydrogens (primary N) is 1. The van der Waals surface area contributed by atoms with Crippen molar-refractivity contribution < 1.29 is 4.52 Å². The highest BCUT2D eigenvalue weighted by Gasteiger charge is 2.11. The Morgan fingerprint density at radius 3 is 2.93 bits per heavy atom. The molecule has 2 aromatic rings. The van der Waals surface area contributed by atoms with Crippen molar-refractivity contribution in [3.05, 3.63) is 18.5 Å². The van der Waals surface area contributed by atoms with Crippen LogP contribution in [0, 0.1) is 5.92 Å². The Labute approximate surface area is 87.9 Å². The molecule has 0 aliphatic carbocycles. The number of anilines is 1. The van der Waals surface area contributed by atoms with Crippen LogP contribution in [0.25, 0.3) is 11.5 Å². The number of hydrogen-bond donors (Lipinski definition) is 1. The molecule has 2 rings (SSSR count). The molecule has 0 aromatic carbocycles. The zero-order valence-corrected chi connectivity index (χ0v) is 8.84. The van der Waals surface area contributed by atoms with E-state index in [9.17, 15) is 0 Å². The van der Waals surface area contributed by atoms with Crippen molar-refractivity contribution in [2.45, 2.75) is 20.4 Å². The standard InChI is InChI=1S/C10H14N4O/c1-7(2)6-14-4-3-9(13-14)10-8(11)5-12-15-10/h3-5,7H,6,11H2,1-2H3. The molecule has 0 amide bonds. The zero-order chi connectivity index (χ0) is 10.8. The largest absolute Gasteiger partial charge is 0.394 e. The number of nitrogens with zero attached hydrogens (tertiary/aromatic N) is 3. The summed E-state index contributed by atoms with van der Waals surface area (Å²) in [6.07, 6.45) is 3.40. The van der Waals surface area contributed by atoms with Crippen LogP contribution >= 0.6 is 0 Å². The van der Waals surface area contributed by atoms with Crippen molar-refractivity contribution in [1.82, 2.24) is 14.9 Å². The summed E-state index contributed by atoms with van der Waals surface area (Å²) >= 11 is 0. The topological polar surface area (TPSA) is 69.9 Å². The predicted molar refractivity (Wildman–Crippen MR) is 57.0 cm³/mol. The van der Waals surface area contributed by atoms with Crippen molar-refractivity contribution in [2.24, 2.45) is 5.92 Å². The summed E-state index contributed by atoms with van der Waals surface area (Å²) in [7, 11) is 0. The lowest BCUT2D eigenvalue weighted by Gasteiger charge is -2.03. The van der Waals surface area contributed by atoms with Crippen LogP contribution in [-0.2, 0) is 6.54 Å². The van der Waals surface area contributed by atoms with Crippen LogP contribution in [0.2, 0.25) is 0 Å². The van der Waals surface area contributed by atoms with E-state index in [1.54, 1.807) is 0 Å². The van der Waals surface area contributed by atoms with Crippen molar-refractivity contribution in [2.75, 3.05) is 5.73 Å². The average molecular weight is 206 g/mol. The van der Waals surface area contributed by atoms with Gasteiger partial charge in [-0.15, -0.1) is 0 Å². The van der Waals surface area contributed by atoms with Gasteiger partial charge in [-0.3, -0.25) is 4.68 Å². The minimum atomic E-state index is 0.518. The molecular weight excluding hydrogens is 192 g/mol. The highest BCUT2D eigenvalue weighted by atomic mass is 16.5. The van der Waals surface area contributed by atoms with E-state index < -0.39 is 0 Å². The number of rotatable bonds is 3. The molecule has 2 aromatic heterocycles. The Balaban J connectivity index is 2.24. The molecule has 0 spiro atoms. The van der Waals surface area contributed by atoms with Gasteiger partial charge in [-0.05, 0) is 12.0 Å². The number of aromatic nitrogens is 3. The minimum absolute atomic E-state index is 0.518. The van der Waals surface area contributed by atoms with Gasteiger partial charge in [0.15, 0.2) is 0 Å². The minimum Gasteiger partial charge on any atom is -0.394 e. The van der Waals surface area contributed by atoms with E-state index in [1.165, 1.54) is 6.20 Å². The van der Waals surface area contributed by atoms with Crippen LogP contribution in [0.4, 0.5) is 5.69 Å². The van der Waals surface area contributed by atoms with Crippen LogP contribution in [0.1, 0.15) is 13.8 Å². The summed E-state index contributed by atoms with van der Waals surface area (Å²) in [4.78, 5) is 0. The molecule has 0 aliphatic heterocycles. The average Bonchev–Trinajstić information content (AvgIpc) is 2.72. The second kappa shape index (κ2) is 3.76. The van der Waals surface area contributed by atoms with Crippen LogP contribution in [-0.4, -0.2) is 14.9 Å². The summed E-state index contributed by atoms with van der Waals surface area (Å²) in [5, 5.41) is 7.98. The lowest BCUT2D eigenvalue weighted by atomic mass is 10.2. The third-order valence-electron chi connectivity index (χ3n) is 2.02. The first kappa shape index (κ1) is 9.76. The van der Waals surface area contributed by atoms with E-state index in [1.807, 2.05) is 16.9 Å². The molecular formula is C10H14N4O. The second-order valence-corrected chi connectivity index (χ2v) is 3.93. The smallest absolute Gasteiger partial charge is 0.209 e. The van der Waals surface area contributed by atoms with Gasteiger partial charge in [0.2, 0.25) is 5.76 Å². The quantitative estimate of drug-likeness (QED) is 0.830. The van der Waals surface area contributed by atoms with E-state index >= 15 is 0 Å². The third kappa shape index (κ3) is 2.01. The van der Waals surface area contributed by atoms with Gasteiger partial charge in [-0.1, -0.05) is 19.0 Å². The van der Waals surface area contributed by atoms with Crippen LogP contribution in [0.5, 0.6) is 0 Å². The van der Waals surface area contributed by atoms with E-state index in [0.717, 1.165) is 12.2 Å². The fraction of sp³-hybridized carbons (Fsp3) is 0.400. The monoisotopic (exact) mass is 206 g/mol. The Bertz CT molecular complexity index is 444. The van der Waals surface area contributed by atoms with Gasteiger partial charge in [0.05, 0.1) is 6.20 Å². The fourth-order valence-electron chi connectivity index (χ4n) is 1.40.